The van der Waals surface area contributed by atoms with Crippen molar-refractivity contribution in [2.45, 2.75) is 18.9 Å². The van der Waals surface area contributed by atoms with Gasteiger partial charge in [0.15, 0.2) is 5.65 Å². The predicted molar refractivity (Wildman–Crippen MR) is 85.8 cm³/mol. The molecule has 0 saturated carbocycles. The van der Waals surface area contributed by atoms with Crippen LogP contribution in [-0.2, 0) is 4.74 Å². The van der Waals surface area contributed by atoms with Crippen molar-refractivity contribution in [3.63, 3.8) is 0 Å². The number of aromatic nitrogens is 3. The number of nitrogens with zero attached hydrogens (tertiary/aromatic N) is 3. The zero-order chi connectivity index (χ0) is 15.6. The lowest BCUT2D eigenvalue weighted by Gasteiger charge is -2.14. The third kappa shape index (κ3) is 2.77. The van der Waals surface area contributed by atoms with Gasteiger partial charge in [-0.2, -0.15) is 9.61 Å². The van der Waals surface area contributed by atoms with Gasteiger partial charge in [0.05, 0.1) is 18.0 Å². The molecule has 4 rings (SSSR count). The minimum absolute atomic E-state index is 0.214. The smallest absolute Gasteiger partial charge is 0.157 e. The van der Waals surface area contributed by atoms with E-state index in [0.717, 1.165) is 25.3 Å². The molecule has 0 bridgehead atoms. The van der Waals surface area contributed by atoms with Crippen LogP contribution in [0.1, 0.15) is 12.8 Å². The molecule has 1 atom stereocenters. The van der Waals surface area contributed by atoms with Crippen molar-refractivity contribution >= 4 is 11.5 Å². The lowest BCUT2D eigenvalue weighted by Crippen LogP contribution is -2.20. The molecular formula is C17H17FN4O. The van der Waals surface area contributed by atoms with Gasteiger partial charge in [-0.15, -0.1) is 0 Å². The first-order chi connectivity index (χ1) is 11.3. The van der Waals surface area contributed by atoms with Crippen LogP contribution in [0.3, 0.4) is 0 Å². The number of ether oxygens (including phenoxy) is 1. The Morgan fingerprint density at radius 3 is 3.04 bits per heavy atom. The van der Waals surface area contributed by atoms with Gasteiger partial charge >= 0.3 is 0 Å². The Labute approximate surface area is 133 Å². The molecule has 1 saturated heterocycles. The summed E-state index contributed by atoms with van der Waals surface area (Å²) in [5.74, 6) is 0.502. The van der Waals surface area contributed by atoms with Crippen LogP contribution in [0.5, 0.6) is 0 Å². The first-order valence-corrected chi connectivity index (χ1v) is 7.76. The summed E-state index contributed by atoms with van der Waals surface area (Å²) in [5, 5.41) is 7.64. The van der Waals surface area contributed by atoms with E-state index in [-0.39, 0.29) is 11.9 Å². The van der Waals surface area contributed by atoms with Crippen molar-refractivity contribution in [1.82, 2.24) is 14.6 Å². The van der Waals surface area contributed by atoms with E-state index in [1.54, 1.807) is 28.9 Å². The molecule has 5 nitrogen and oxygen atoms in total. The minimum atomic E-state index is -0.283. The topological polar surface area (TPSA) is 51.5 Å². The van der Waals surface area contributed by atoms with Crippen LogP contribution in [0.2, 0.25) is 0 Å². The Morgan fingerprint density at radius 1 is 1.30 bits per heavy atom. The maximum absolute atomic E-state index is 14.1. The zero-order valence-corrected chi connectivity index (χ0v) is 12.6. The maximum atomic E-state index is 14.1. The summed E-state index contributed by atoms with van der Waals surface area (Å²) in [5.41, 5.74) is 1.75. The number of hydrogen-bond donors (Lipinski definition) is 1. The van der Waals surface area contributed by atoms with Gasteiger partial charge in [-0.1, -0.05) is 12.1 Å². The fourth-order valence-electron chi connectivity index (χ4n) is 2.87. The lowest BCUT2D eigenvalue weighted by atomic mass is 10.1. The molecule has 1 unspecified atom stereocenters. The minimum Gasteiger partial charge on any atom is -0.376 e. The first kappa shape index (κ1) is 14.1. The highest BCUT2D eigenvalue weighted by molar-refractivity contribution is 5.66. The highest BCUT2D eigenvalue weighted by Gasteiger charge is 2.16. The second kappa shape index (κ2) is 5.96. The summed E-state index contributed by atoms with van der Waals surface area (Å²) in [6, 6.07) is 10.3. The quantitative estimate of drug-likeness (QED) is 0.804. The average molecular weight is 312 g/mol. The SMILES string of the molecule is Fc1ccccc1-c1cc(NCC2CCCO2)n2nccc2n1. The van der Waals surface area contributed by atoms with Crippen LogP contribution >= 0.6 is 0 Å². The third-order valence-electron chi connectivity index (χ3n) is 4.04. The molecule has 1 aliphatic rings. The molecule has 1 fully saturated rings. The predicted octanol–water partition coefficient (Wildman–Crippen LogP) is 3.13. The summed E-state index contributed by atoms with van der Waals surface area (Å²) in [4.78, 5) is 4.50. The molecule has 6 heteroatoms. The molecule has 1 aliphatic heterocycles. The van der Waals surface area contributed by atoms with Gasteiger partial charge in [-0.25, -0.2) is 9.37 Å². The number of benzene rings is 1. The summed E-state index contributed by atoms with van der Waals surface area (Å²) < 4.78 is 21.4. The van der Waals surface area contributed by atoms with E-state index in [4.69, 9.17) is 4.74 Å². The largest absolute Gasteiger partial charge is 0.376 e. The van der Waals surface area contributed by atoms with Crippen LogP contribution in [-0.4, -0.2) is 33.9 Å². The van der Waals surface area contributed by atoms with E-state index in [2.05, 4.69) is 15.4 Å². The van der Waals surface area contributed by atoms with Crippen molar-refractivity contribution in [3.05, 3.63) is 48.4 Å². The molecule has 3 heterocycles. The number of anilines is 1. The third-order valence-corrected chi connectivity index (χ3v) is 4.04. The molecule has 3 aromatic rings. The number of halogens is 1. The van der Waals surface area contributed by atoms with Gasteiger partial charge < -0.3 is 10.1 Å². The van der Waals surface area contributed by atoms with Crippen molar-refractivity contribution in [1.29, 1.82) is 0 Å². The van der Waals surface area contributed by atoms with E-state index in [1.165, 1.54) is 6.07 Å². The molecule has 0 radical (unpaired) electrons. The number of rotatable bonds is 4. The van der Waals surface area contributed by atoms with Crippen molar-refractivity contribution in [2.75, 3.05) is 18.5 Å². The highest BCUT2D eigenvalue weighted by Crippen LogP contribution is 2.24. The second-order valence-corrected chi connectivity index (χ2v) is 5.62. The summed E-state index contributed by atoms with van der Waals surface area (Å²) in [6.07, 6.45) is 4.05. The Bertz CT molecular complexity index is 826. The van der Waals surface area contributed by atoms with Gasteiger partial charge in [0.1, 0.15) is 11.6 Å². The molecule has 118 valence electrons. The average Bonchev–Trinajstić information content (AvgIpc) is 3.24. The van der Waals surface area contributed by atoms with Gasteiger partial charge in [-0.05, 0) is 25.0 Å². The molecule has 2 aromatic heterocycles. The monoisotopic (exact) mass is 312 g/mol. The maximum Gasteiger partial charge on any atom is 0.157 e. The zero-order valence-electron chi connectivity index (χ0n) is 12.6. The van der Waals surface area contributed by atoms with Gasteiger partial charge in [-0.3, -0.25) is 0 Å². The van der Waals surface area contributed by atoms with E-state index < -0.39 is 0 Å². The van der Waals surface area contributed by atoms with Crippen LogP contribution < -0.4 is 5.32 Å². The van der Waals surface area contributed by atoms with Crippen molar-refractivity contribution in [2.24, 2.45) is 0 Å². The summed E-state index contributed by atoms with van der Waals surface area (Å²) >= 11 is 0. The van der Waals surface area contributed by atoms with Crippen LogP contribution in [0.25, 0.3) is 16.9 Å². The second-order valence-electron chi connectivity index (χ2n) is 5.62. The van der Waals surface area contributed by atoms with E-state index in [0.29, 0.717) is 23.4 Å². The number of fused-ring (bicyclic) bond motifs is 1. The molecule has 0 aliphatic carbocycles. The Kier molecular flexibility index (Phi) is 3.67. The van der Waals surface area contributed by atoms with Crippen LogP contribution in [0.15, 0.2) is 42.6 Å². The molecular weight excluding hydrogens is 295 g/mol. The fraction of sp³-hybridized carbons (Fsp3) is 0.294. The molecule has 1 aromatic carbocycles. The molecule has 0 amide bonds. The standard InChI is InChI=1S/C17H17FN4O/c18-14-6-2-1-5-13(14)15-10-17(19-11-12-4-3-9-23-12)22-16(21-15)7-8-20-22/h1-2,5-8,10,12,19H,3-4,9,11H2. The normalized spacial score (nSPS) is 17.7. The van der Waals surface area contributed by atoms with Gasteiger partial charge in [0.2, 0.25) is 0 Å². The molecule has 23 heavy (non-hydrogen) atoms. The Morgan fingerprint density at radius 2 is 2.22 bits per heavy atom. The number of hydrogen-bond acceptors (Lipinski definition) is 4. The van der Waals surface area contributed by atoms with Crippen LogP contribution in [0.4, 0.5) is 10.2 Å². The Hall–Kier alpha value is -2.47. The number of nitrogens with one attached hydrogen (secondary N) is 1. The van der Waals surface area contributed by atoms with E-state index in [1.807, 2.05) is 12.1 Å². The van der Waals surface area contributed by atoms with Gasteiger partial charge in [0, 0.05) is 30.8 Å². The molecule has 1 N–H and O–H groups in total. The van der Waals surface area contributed by atoms with Crippen molar-refractivity contribution < 1.29 is 9.13 Å². The van der Waals surface area contributed by atoms with E-state index >= 15 is 0 Å². The first-order valence-electron chi connectivity index (χ1n) is 7.76. The lowest BCUT2D eigenvalue weighted by molar-refractivity contribution is 0.120. The van der Waals surface area contributed by atoms with Crippen molar-refractivity contribution in [3.8, 4) is 11.3 Å². The van der Waals surface area contributed by atoms with Gasteiger partial charge in [0.25, 0.3) is 0 Å². The fourth-order valence-corrected chi connectivity index (χ4v) is 2.87. The summed E-state index contributed by atoms with van der Waals surface area (Å²) in [6.45, 7) is 1.52. The summed E-state index contributed by atoms with van der Waals surface area (Å²) in [7, 11) is 0. The highest BCUT2D eigenvalue weighted by atomic mass is 19.1. The van der Waals surface area contributed by atoms with E-state index in [9.17, 15) is 4.39 Å². The Balaban J connectivity index is 1.71. The van der Waals surface area contributed by atoms with Crippen LogP contribution in [0, 0.1) is 5.82 Å². The molecule has 0 spiro atoms.